The van der Waals surface area contributed by atoms with E-state index in [2.05, 4.69) is 41.3 Å². The van der Waals surface area contributed by atoms with E-state index in [9.17, 15) is 4.79 Å². The first-order valence-corrected chi connectivity index (χ1v) is 13.9. The van der Waals surface area contributed by atoms with Crippen LogP contribution in [0.3, 0.4) is 0 Å². The van der Waals surface area contributed by atoms with Crippen molar-refractivity contribution in [3.8, 4) is 0 Å². The van der Waals surface area contributed by atoms with Crippen LogP contribution in [-0.4, -0.2) is 25.2 Å². The number of nitrogens with two attached hydrogens (primary N) is 1. The highest BCUT2D eigenvalue weighted by molar-refractivity contribution is 6.33. The van der Waals surface area contributed by atoms with Gasteiger partial charge < -0.3 is 31.7 Å². The molecule has 38 heavy (non-hydrogen) atoms. The molecule has 204 valence electrons. The Morgan fingerprint density at radius 1 is 1.05 bits per heavy atom. The lowest BCUT2D eigenvalue weighted by Gasteiger charge is -2.36. The molecule has 2 aromatic rings. The number of allylic oxidation sites excluding steroid dienone is 1. The number of anilines is 3. The van der Waals surface area contributed by atoms with Gasteiger partial charge in [0.15, 0.2) is 0 Å². The van der Waals surface area contributed by atoms with Gasteiger partial charge in [-0.05, 0) is 61.6 Å². The summed E-state index contributed by atoms with van der Waals surface area (Å²) in [6.07, 6.45) is 8.30. The SMILES string of the molecule is C=C(Nc1ccc(C(=O)NCC2CCCO2)cc1N)Nc1cc(CNC(=C)C2(C)CCCCC2)ccc1Cl. The fourth-order valence-corrected chi connectivity index (χ4v) is 5.29. The quantitative estimate of drug-likeness (QED) is 0.213. The number of carbonyl (C=O) groups is 1. The van der Waals surface area contributed by atoms with Gasteiger partial charge in [0.25, 0.3) is 5.91 Å². The Kier molecular flexibility index (Phi) is 9.23. The van der Waals surface area contributed by atoms with E-state index in [1.807, 2.05) is 18.2 Å². The topological polar surface area (TPSA) is 100 Å². The fourth-order valence-electron chi connectivity index (χ4n) is 5.12. The maximum Gasteiger partial charge on any atom is 0.251 e. The normalized spacial score (nSPS) is 18.4. The Bertz CT molecular complexity index is 1170. The second-order valence-corrected chi connectivity index (χ2v) is 11.1. The summed E-state index contributed by atoms with van der Waals surface area (Å²) in [7, 11) is 0. The number of hydrogen-bond acceptors (Lipinski definition) is 6. The van der Waals surface area contributed by atoms with E-state index in [4.69, 9.17) is 22.1 Å². The van der Waals surface area contributed by atoms with E-state index in [-0.39, 0.29) is 17.4 Å². The highest BCUT2D eigenvalue weighted by atomic mass is 35.5. The maximum atomic E-state index is 12.5. The molecule has 1 aliphatic heterocycles. The molecule has 0 bridgehead atoms. The van der Waals surface area contributed by atoms with Crippen molar-refractivity contribution < 1.29 is 9.53 Å². The van der Waals surface area contributed by atoms with Crippen LogP contribution in [0, 0.1) is 5.41 Å². The number of nitrogens with one attached hydrogen (secondary N) is 4. The number of benzene rings is 2. The smallest absolute Gasteiger partial charge is 0.251 e. The molecule has 2 aliphatic rings. The summed E-state index contributed by atoms with van der Waals surface area (Å²) in [6, 6.07) is 11.0. The zero-order chi connectivity index (χ0) is 27.1. The van der Waals surface area contributed by atoms with Crippen molar-refractivity contribution in [3.63, 3.8) is 0 Å². The highest BCUT2D eigenvalue weighted by Gasteiger charge is 2.29. The summed E-state index contributed by atoms with van der Waals surface area (Å²) in [5.74, 6) is 0.339. The summed E-state index contributed by atoms with van der Waals surface area (Å²) in [4.78, 5) is 12.5. The van der Waals surface area contributed by atoms with E-state index in [1.165, 1.54) is 32.1 Å². The lowest BCUT2D eigenvalue weighted by molar-refractivity contribution is 0.0858. The minimum atomic E-state index is -0.173. The van der Waals surface area contributed by atoms with E-state index < -0.39 is 0 Å². The van der Waals surface area contributed by atoms with Gasteiger partial charge in [-0.15, -0.1) is 0 Å². The van der Waals surface area contributed by atoms with Crippen molar-refractivity contribution in [2.75, 3.05) is 29.5 Å². The Balaban J connectivity index is 1.31. The second-order valence-electron chi connectivity index (χ2n) is 10.6. The number of halogens is 1. The van der Waals surface area contributed by atoms with Crippen molar-refractivity contribution >= 4 is 34.6 Å². The lowest BCUT2D eigenvalue weighted by atomic mass is 9.73. The third kappa shape index (κ3) is 7.23. The van der Waals surface area contributed by atoms with Gasteiger partial charge in [-0.3, -0.25) is 4.79 Å². The lowest BCUT2D eigenvalue weighted by Crippen LogP contribution is -2.31. The minimum absolute atomic E-state index is 0.0896. The molecular weight excluding hydrogens is 498 g/mol. The predicted molar refractivity (Wildman–Crippen MR) is 157 cm³/mol. The first-order valence-electron chi connectivity index (χ1n) is 13.5. The van der Waals surface area contributed by atoms with Gasteiger partial charge in [0, 0.05) is 36.4 Å². The average molecular weight is 538 g/mol. The molecule has 1 atom stereocenters. The minimum Gasteiger partial charge on any atom is -0.397 e. The molecule has 1 heterocycles. The van der Waals surface area contributed by atoms with Gasteiger partial charge in [-0.1, -0.05) is 57.0 Å². The zero-order valence-electron chi connectivity index (χ0n) is 22.3. The standard InChI is InChI=1S/C30H40ClN5O2/c1-20(30(3)13-5-4-6-14-30)33-18-22-9-11-25(31)28(16-22)36-21(2)35-27-12-10-23(17-26(27)32)29(37)34-19-24-8-7-15-38-24/h9-12,16-17,24,33,35-36H,1-2,4-8,13-15,18-19,32H2,3H3,(H,34,37). The second kappa shape index (κ2) is 12.6. The van der Waals surface area contributed by atoms with Crippen LogP contribution in [0.4, 0.5) is 17.1 Å². The van der Waals surface area contributed by atoms with E-state index in [0.29, 0.717) is 40.9 Å². The fraction of sp³-hybridized carbons (Fsp3) is 0.433. The number of amides is 1. The number of hydrogen-bond donors (Lipinski definition) is 5. The molecule has 1 amide bonds. The van der Waals surface area contributed by atoms with Crippen LogP contribution < -0.4 is 27.0 Å². The summed E-state index contributed by atoms with van der Waals surface area (Å²) < 4.78 is 5.56. The molecule has 2 aromatic carbocycles. The van der Waals surface area contributed by atoms with Crippen LogP contribution in [0.2, 0.25) is 5.02 Å². The molecular formula is C30H40ClN5O2. The summed E-state index contributed by atoms with van der Waals surface area (Å²) in [5.41, 5.74) is 10.9. The van der Waals surface area contributed by atoms with Gasteiger partial charge in [-0.25, -0.2) is 0 Å². The van der Waals surface area contributed by atoms with Crippen molar-refractivity contribution in [1.29, 1.82) is 0 Å². The largest absolute Gasteiger partial charge is 0.397 e. The molecule has 7 nitrogen and oxygen atoms in total. The monoisotopic (exact) mass is 537 g/mol. The van der Waals surface area contributed by atoms with Crippen LogP contribution >= 0.6 is 11.6 Å². The van der Waals surface area contributed by atoms with Crippen molar-refractivity contribution in [2.45, 2.75) is 64.5 Å². The van der Waals surface area contributed by atoms with E-state index in [1.54, 1.807) is 18.2 Å². The number of carbonyl (C=O) groups excluding carboxylic acids is 1. The Labute approximate surface area is 231 Å². The zero-order valence-corrected chi connectivity index (χ0v) is 23.1. The van der Waals surface area contributed by atoms with Crippen LogP contribution in [-0.2, 0) is 11.3 Å². The molecule has 1 saturated carbocycles. The molecule has 4 rings (SSSR count). The Morgan fingerprint density at radius 2 is 1.82 bits per heavy atom. The van der Waals surface area contributed by atoms with Gasteiger partial charge in [0.05, 0.1) is 28.2 Å². The first kappa shape index (κ1) is 27.9. The van der Waals surface area contributed by atoms with Gasteiger partial charge in [-0.2, -0.15) is 0 Å². The third-order valence-corrected chi connectivity index (χ3v) is 7.95. The molecule has 8 heteroatoms. The number of nitrogen functional groups attached to an aromatic ring is 1. The third-order valence-electron chi connectivity index (χ3n) is 7.62. The predicted octanol–water partition coefficient (Wildman–Crippen LogP) is 6.40. The Hall–Kier alpha value is -3.16. The van der Waals surface area contributed by atoms with E-state index >= 15 is 0 Å². The Morgan fingerprint density at radius 3 is 2.53 bits per heavy atom. The molecule has 0 aromatic heterocycles. The van der Waals surface area contributed by atoms with Crippen LogP contribution in [0.25, 0.3) is 0 Å². The molecule has 6 N–H and O–H groups in total. The number of rotatable bonds is 11. The van der Waals surface area contributed by atoms with Gasteiger partial charge >= 0.3 is 0 Å². The maximum absolute atomic E-state index is 12.5. The summed E-state index contributed by atoms with van der Waals surface area (Å²) >= 11 is 6.47. The molecule has 0 spiro atoms. The van der Waals surface area contributed by atoms with E-state index in [0.717, 1.165) is 36.4 Å². The van der Waals surface area contributed by atoms with Crippen LogP contribution in [0.5, 0.6) is 0 Å². The summed E-state index contributed by atoms with van der Waals surface area (Å²) in [6.45, 7) is 12.6. The van der Waals surface area contributed by atoms with Crippen molar-refractivity contribution in [2.24, 2.45) is 5.41 Å². The molecule has 2 fully saturated rings. The van der Waals surface area contributed by atoms with Crippen molar-refractivity contribution in [3.05, 3.63) is 77.2 Å². The number of ether oxygens (including phenoxy) is 1. The first-order chi connectivity index (χ1) is 18.2. The molecule has 0 radical (unpaired) electrons. The molecule has 1 saturated heterocycles. The molecule has 1 unspecified atom stereocenters. The molecule has 1 aliphatic carbocycles. The van der Waals surface area contributed by atoms with Gasteiger partial charge in [0.2, 0.25) is 0 Å². The van der Waals surface area contributed by atoms with Crippen molar-refractivity contribution in [1.82, 2.24) is 10.6 Å². The summed E-state index contributed by atoms with van der Waals surface area (Å²) in [5, 5.41) is 13.4. The van der Waals surface area contributed by atoms with Crippen LogP contribution in [0.15, 0.2) is 61.1 Å². The van der Waals surface area contributed by atoms with Crippen LogP contribution in [0.1, 0.15) is 67.8 Å². The van der Waals surface area contributed by atoms with Gasteiger partial charge in [0.1, 0.15) is 5.82 Å². The average Bonchev–Trinajstić information content (AvgIpc) is 3.43. The highest BCUT2D eigenvalue weighted by Crippen LogP contribution is 2.40.